The average molecular weight is 401 g/mol. The number of hydrogen-bond acceptors (Lipinski definition) is 4. The van der Waals surface area contributed by atoms with E-state index in [1.165, 1.54) is 11.3 Å². The molecule has 2 atom stereocenters. The maximum Gasteiger partial charge on any atom is 0.349 e. The van der Waals surface area contributed by atoms with E-state index in [2.05, 4.69) is 4.98 Å². The van der Waals surface area contributed by atoms with Crippen molar-refractivity contribution in [3.63, 3.8) is 0 Å². The van der Waals surface area contributed by atoms with Gasteiger partial charge in [0, 0.05) is 6.20 Å². The summed E-state index contributed by atoms with van der Waals surface area (Å²) in [7, 11) is 0. The van der Waals surface area contributed by atoms with Crippen LogP contribution in [0.5, 0.6) is 5.88 Å². The zero-order chi connectivity index (χ0) is 18.5. The molecule has 5 nitrogen and oxygen atoms in total. The molecular formula is C20H19ClN3O2S+. The average Bonchev–Trinajstić information content (AvgIpc) is 3.12. The summed E-state index contributed by atoms with van der Waals surface area (Å²) < 4.78 is 4.34. The van der Waals surface area contributed by atoms with Gasteiger partial charge in [0.2, 0.25) is 0 Å². The summed E-state index contributed by atoms with van der Waals surface area (Å²) in [6.07, 6.45) is 5.73. The molecule has 0 fully saturated rings. The Labute approximate surface area is 165 Å². The molecule has 7 heteroatoms. The Hall–Kier alpha value is -2.18. The Morgan fingerprint density at radius 2 is 2.04 bits per heavy atom. The van der Waals surface area contributed by atoms with Crippen molar-refractivity contribution in [2.45, 2.75) is 44.2 Å². The molecule has 1 N–H and O–H groups in total. The van der Waals surface area contributed by atoms with Gasteiger partial charge in [-0.3, -0.25) is 0 Å². The van der Waals surface area contributed by atoms with Gasteiger partial charge in [-0.05, 0) is 31.2 Å². The van der Waals surface area contributed by atoms with Crippen LogP contribution in [0, 0.1) is 0 Å². The molecule has 0 aliphatic carbocycles. The van der Waals surface area contributed by atoms with Crippen LogP contribution in [0.25, 0.3) is 11.1 Å². The molecule has 4 heterocycles. The number of hydrogen-bond donors (Lipinski definition) is 1. The highest BCUT2D eigenvalue weighted by Crippen LogP contribution is 2.41. The van der Waals surface area contributed by atoms with Crippen LogP contribution < -0.4 is 10.1 Å². The second-order valence-corrected chi connectivity index (χ2v) is 8.84. The number of halogens is 1. The Morgan fingerprint density at radius 3 is 2.78 bits per heavy atom. The van der Waals surface area contributed by atoms with Crippen molar-refractivity contribution in [2.24, 2.45) is 0 Å². The van der Waals surface area contributed by atoms with Crippen LogP contribution >= 0.6 is 22.9 Å². The van der Waals surface area contributed by atoms with Crippen molar-refractivity contribution >= 4 is 22.9 Å². The molecule has 138 valence electrons. The van der Waals surface area contributed by atoms with Gasteiger partial charge in [-0.2, -0.15) is 9.13 Å². The minimum Gasteiger partial charge on any atom is -0.477 e. The Kier molecular flexibility index (Phi) is 4.06. The van der Waals surface area contributed by atoms with E-state index in [0.717, 1.165) is 48.5 Å². The number of aromatic nitrogens is 3. The maximum absolute atomic E-state index is 13.6. The van der Waals surface area contributed by atoms with Crippen LogP contribution in [0.4, 0.5) is 0 Å². The Bertz CT molecular complexity index is 1080. The second kappa shape index (κ2) is 6.46. The third kappa shape index (κ3) is 2.62. The van der Waals surface area contributed by atoms with Gasteiger partial charge in [-0.25, -0.2) is 9.78 Å². The second-order valence-electron chi connectivity index (χ2n) is 7.20. The topological polar surface area (TPSA) is 59.0 Å². The minimum atomic E-state index is -0.133. The van der Waals surface area contributed by atoms with Gasteiger partial charge in [0.05, 0.1) is 17.3 Å². The van der Waals surface area contributed by atoms with Crippen LogP contribution in [0.3, 0.4) is 0 Å². The molecule has 1 aromatic carbocycles. The summed E-state index contributed by atoms with van der Waals surface area (Å²) in [5, 5.41) is 11.0. The number of benzene rings is 1. The van der Waals surface area contributed by atoms with Crippen LogP contribution in [-0.2, 0) is 6.54 Å². The first-order chi connectivity index (χ1) is 13.1. The quantitative estimate of drug-likeness (QED) is 0.664. The molecule has 5 rings (SSSR count). The van der Waals surface area contributed by atoms with Gasteiger partial charge in [-0.15, -0.1) is 11.3 Å². The molecule has 0 saturated heterocycles. The molecule has 0 amide bonds. The van der Waals surface area contributed by atoms with E-state index in [9.17, 15) is 9.90 Å². The monoisotopic (exact) mass is 400 g/mol. The lowest BCUT2D eigenvalue weighted by Crippen LogP contribution is -2.52. The van der Waals surface area contributed by atoms with E-state index >= 15 is 0 Å². The predicted octanol–water partition coefficient (Wildman–Crippen LogP) is 3.88. The van der Waals surface area contributed by atoms with Crippen molar-refractivity contribution in [1.82, 2.24) is 9.55 Å². The molecule has 0 bridgehead atoms. The van der Waals surface area contributed by atoms with Crippen LogP contribution in [-0.4, -0.2) is 14.7 Å². The predicted molar refractivity (Wildman–Crippen MR) is 104 cm³/mol. The fraction of sp³-hybridized carbons (Fsp3) is 0.350. The van der Waals surface area contributed by atoms with E-state index in [1.807, 2.05) is 39.5 Å². The van der Waals surface area contributed by atoms with E-state index in [1.54, 1.807) is 6.20 Å². The van der Waals surface area contributed by atoms with Crippen molar-refractivity contribution < 1.29 is 9.67 Å². The molecule has 2 aliphatic rings. The summed E-state index contributed by atoms with van der Waals surface area (Å²) in [4.78, 5) is 18.8. The van der Waals surface area contributed by atoms with Gasteiger partial charge in [-0.1, -0.05) is 41.9 Å². The Morgan fingerprint density at radius 1 is 1.22 bits per heavy atom. The van der Waals surface area contributed by atoms with Crippen molar-refractivity contribution in [1.29, 1.82) is 0 Å². The number of rotatable bonds is 2. The van der Waals surface area contributed by atoms with Crippen molar-refractivity contribution in [3.8, 4) is 17.0 Å². The van der Waals surface area contributed by atoms with Gasteiger partial charge in [0.15, 0.2) is 10.0 Å². The van der Waals surface area contributed by atoms with Crippen LogP contribution in [0.2, 0.25) is 4.47 Å². The number of thiazole rings is 1. The number of nitrogens with zero attached hydrogens (tertiary/aromatic N) is 3. The molecular weight excluding hydrogens is 382 g/mol. The van der Waals surface area contributed by atoms with Gasteiger partial charge in [0.25, 0.3) is 11.7 Å². The highest BCUT2D eigenvalue weighted by Gasteiger charge is 2.43. The minimum absolute atomic E-state index is 0.0823. The summed E-state index contributed by atoms with van der Waals surface area (Å²) in [5.41, 5.74) is 0.987. The Balaban J connectivity index is 1.82. The highest BCUT2D eigenvalue weighted by molar-refractivity contribution is 7.15. The van der Waals surface area contributed by atoms with Crippen molar-refractivity contribution in [2.75, 3.05) is 0 Å². The van der Waals surface area contributed by atoms with Crippen molar-refractivity contribution in [3.05, 3.63) is 62.1 Å². The zero-order valence-electron chi connectivity index (χ0n) is 14.6. The summed E-state index contributed by atoms with van der Waals surface area (Å²) in [6.45, 7) is 0.730. The molecule has 27 heavy (non-hydrogen) atoms. The molecule has 2 aliphatic heterocycles. The highest BCUT2D eigenvalue weighted by atomic mass is 35.5. The number of aromatic hydroxyl groups is 1. The van der Waals surface area contributed by atoms with Gasteiger partial charge in [0.1, 0.15) is 6.04 Å². The van der Waals surface area contributed by atoms with Gasteiger partial charge >= 0.3 is 5.56 Å². The lowest BCUT2D eigenvalue weighted by Gasteiger charge is -2.31. The summed E-state index contributed by atoms with van der Waals surface area (Å²) in [5.74, 6) is 1.34. The largest absolute Gasteiger partial charge is 0.477 e. The maximum atomic E-state index is 13.6. The first kappa shape index (κ1) is 17.0. The summed E-state index contributed by atoms with van der Waals surface area (Å²) >= 11 is 7.50. The third-order valence-electron chi connectivity index (χ3n) is 5.72. The van der Waals surface area contributed by atoms with Gasteiger partial charge < -0.3 is 5.11 Å². The first-order valence-electron chi connectivity index (χ1n) is 9.23. The third-order valence-corrected chi connectivity index (χ3v) is 6.94. The van der Waals surface area contributed by atoms with E-state index in [4.69, 9.17) is 11.6 Å². The van der Waals surface area contributed by atoms with E-state index in [-0.39, 0.29) is 17.5 Å². The van der Waals surface area contributed by atoms with E-state index in [0.29, 0.717) is 15.9 Å². The zero-order valence-corrected chi connectivity index (χ0v) is 16.2. The smallest absolute Gasteiger partial charge is 0.349 e. The fourth-order valence-corrected chi connectivity index (χ4v) is 5.64. The molecule has 2 aromatic heterocycles. The molecule has 0 spiro atoms. The van der Waals surface area contributed by atoms with Crippen LogP contribution in [0.15, 0.2) is 41.3 Å². The standard InChI is InChI=1S/C20H18ClN3O2S/c21-20-22-11-15(27-20)14-9-8-13-7-4-10-23-17(13)24(14)19(26)16(18(23)25)12-5-2-1-3-6-12/h1-3,5-6,11,13-14H,4,7-10H2/p+1. The molecule has 0 saturated carbocycles. The fourth-order valence-electron chi connectivity index (χ4n) is 4.56. The lowest BCUT2D eigenvalue weighted by molar-refractivity contribution is -0.721. The molecule has 3 aromatic rings. The molecule has 0 radical (unpaired) electrons. The summed E-state index contributed by atoms with van der Waals surface area (Å²) in [6, 6.07) is 9.35. The van der Waals surface area contributed by atoms with E-state index < -0.39 is 0 Å². The SMILES string of the molecule is O=c1c(-c2ccccc2)c(O)[n+]2c3n1C(c1cnc(Cl)s1)CCC3CCC2. The lowest BCUT2D eigenvalue weighted by atomic mass is 9.87. The first-order valence-corrected chi connectivity index (χ1v) is 10.4. The van der Waals surface area contributed by atoms with Crippen LogP contribution in [0.1, 0.15) is 48.3 Å². The normalized spacial score (nSPS) is 21.1. The molecule has 2 unspecified atom stereocenters.